The molecular weight excluding hydrogens is 340 g/mol. The van der Waals surface area contributed by atoms with Crippen LogP contribution < -0.4 is 10.2 Å². The van der Waals surface area contributed by atoms with Crippen molar-refractivity contribution in [3.8, 4) is 0 Å². The van der Waals surface area contributed by atoms with E-state index in [1.54, 1.807) is 18.6 Å². The number of hydrogen-bond donors (Lipinski definition) is 1. The fraction of sp³-hybridized carbons (Fsp3) is 0.500. The quantitative estimate of drug-likeness (QED) is 0.805. The molecule has 1 amide bonds. The summed E-state index contributed by atoms with van der Waals surface area (Å²) in [7, 11) is 0. The molecule has 2 aromatic rings. The van der Waals surface area contributed by atoms with Gasteiger partial charge >= 0.3 is 0 Å². The topological polar surface area (TPSA) is 74.2 Å². The first-order chi connectivity index (χ1) is 13.1. The van der Waals surface area contributed by atoms with Gasteiger partial charge in [0, 0.05) is 51.0 Å². The molecule has 3 rings (SSSR count). The molecule has 0 spiro atoms. The van der Waals surface area contributed by atoms with Crippen molar-refractivity contribution in [1.29, 1.82) is 0 Å². The van der Waals surface area contributed by atoms with E-state index in [2.05, 4.69) is 43.9 Å². The number of anilines is 1. The van der Waals surface area contributed by atoms with Crippen LogP contribution in [0.5, 0.6) is 0 Å². The van der Waals surface area contributed by atoms with Crippen LogP contribution in [0.25, 0.3) is 0 Å². The summed E-state index contributed by atoms with van der Waals surface area (Å²) < 4.78 is 0. The molecule has 0 saturated carbocycles. The van der Waals surface area contributed by atoms with Gasteiger partial charge in [-0.25, -0.2) is 9.97 Å². The fourth-order valence-corrected chi connectivity index (χ4v) is 3.34. The maximum absolute atomic E-state index is 12.6. The van der Waals surface area contributed by atoms with E-state index < -0.39 is 0 Å². The molecule has 1 N–H and O–H groups in total. The lowest BCUT2D eigenvalue weighted by Gasteiger charge is -2.34. The second-order valence-corrected chi connectivity index (χ2v) is 7.35. The SMILES string of the molecule is CC(C)C[C@H](NC(=O)CN1CCN(c2ncccn2)CC1)c1cccnc1. The summed E-state index contributed by atoms with van der Waals surface area (Å²) in [6, 6.07) is 5.77. The van der Waals surface area contributed by atoms with E-state index in [0.717, 1.165) is 44.1 Å². The minimum absolute atomic E-state index is 0.00482. The van der Waals surface area contributed by atoms with E-state index in [1.807, 2.05) is 24.4 Å². The van der Waals surface area contributed by atoms with Crippen molar-refractivity contribution in [2.45, 2.75) is 26.3 Å². The van der Waals surface area contributed by atoms with Crippen LogP contribution in [0.15, 0.2) is 43.0 Å². The molecule has 0 radical (unpaired) electrons. The number of nitrogens with zero attached hydrogens (tertiary/aromatic N) is 5. The molecule has 1 aliphatic heterocycles. The number of aromatic nitrogens is 3. The zero-order valence-electron chi connectivity index (χ0n) is 16.1. The predicted octanol–water partition coefficient (Wildman–Crippen LogP) is 1.90. The maximum Gasteiger partial charge on any atom is 0.234 e. The van der Waals surface area contributed by atoms with Crippen molar-refractivity contribution in [2.75, 3.05) is 37.6 Å². The van der Waals surface area contributed by atoms with Crippen LogP contribution in [0.4, 0.5) is 5.95 Å². The zero-order chi connectivity index (χ0) is 19.1. The molecular formula is C20H28N6O. The Hall–Kier alpha value is -2.54. The third kappa shape index (κ3) is 5.72. The summed E-state index contributed by atoms with van der Waals surface area (Å²) >= 11 is 0. The first-order valence-corrected chi connectivity index (χ1v) is 9.55. The Bertz CT molecular complexity index is 701. The summed E-state index contributed by atoms with van der Waals surface area (Å²) in [6.45, 7) is 8.06. The largest absolute Gasteiger partial charge is 0.348 e. The van der Waals surface area contributed by atoms with Crippen molar-refractivity contribution < 1.29 is 4.79 Å². The van der Waals surface area contributed by atoms with Gasteiger partial charge in [-0.3, -0.25) is 14.7 Å². The summed E-state index contributed by atoms with van der Waals surface area (Å²) in [6.07, 6.45) is 8.01. The van der Waals surface area contributed by atoms with Crippen molar-refractivity contribution in [3.05, 3.63) is 48.5 Å². The van der Waals surface area contributed by atoms with Crippen molar-refractivity contribution >= 4 is 11.9 Å². The molecule has 0 aliphatic carbocycles. The minimum atomic E-state index is 0.00482. The average Bonchev–Trinajstić information content (AvgIpc) is 2.69. The molecule has 3 heterocycles. The molecule has 7 nitrogen and oxygen atoms in total. The van der Waals surface area contributed by atoms with E-state index in [0.29, 0.717) is 12.5 Å². The van der Waals surface area contributed by atoms with Crippen molar-refractivity contribution in [3.63, 3.8) is 0 Å². The van der Waals surface area contributed by atoms with Crippen molar-refractivity contribution in [2.24, 2.45) is 5.92 Å². The Balaban J connectivity index is 1.51. The minimum Gasteiger partial charge on any atom is -0.348 e. The number of piperazine rings is 1. The van der Waals surface area contributed by atoms with Gasteiger partial charge in [0.15, 0.2) is 0 Å². The van der Waals surface area contributed by atoms with Gasteiger partial charge in [-0.2, -0.15) is 0 Å². The van der Waals surface area contributed by atoms with Crippen LogP contribution in [-0.2, 0) is 4.79 Å². The fourth-order valence-electron chi connectivity index (χ4n) is 3.34. The highest BCUT2D eigenvalue weighted by molar-refractivity contribution is 5.78. The molecule has 1 aliphatic rings. The van der Waals surface area contributed by atoms with Crippen LogP contribution in [0, 0.1) is 5.92 Å². The Kier molecular flexibility index (Phi) is 6.70. The van der Waals surface area contributed by atoms with Gasteiger partial charge in [0.05, 0.1) is 12.6 Å². The predicted molar refractivity (Wildman–Crippen MR) is 105 cm³/mol. The Morgan fingerprint density at radius 3 is 2.48 bits per heavy atom. The first kappa shape index (κ1) is 19.2. The van der Waals surface area contributed by atoms with Crippen LogP contribution in [-0.4, -0.2) is 58.5 Å². The second-order valence-electron chi connectivity index (χ2n) is 7.35. The van der Waals surface area contributed by atoms with E-state index in [-0.39, 0.29) is 11.9 Å². The number of amides is 1. The van der Waals surface area contributed by atoms with Gasteiger partial charge < -0.3 is 10.2 Å². The number of carbonyl (C=O) groups is 1. The number of rotatable bonds is 7. The lowest BCUT2D eigenvalue weighted by atomic mass is 9.98. The Morgan fingerprint density at radius 2 is 1.85 bits per heavy atom. The summed E-state index contributed by atoms with van der Waals surface area (Å²) in [5.41, 5.74) is 1.06. The standard InChI is InChI=1S/C20H28N6O/c1-16(2)13-18(17-5-3-6-21-14-17)24-19(27)15-25-9-11-26(12-10-25)20-22-7-4-8-23-20/h3-8,14,16,18H,9-13,15H2,1-2H3,(H,24,27)/t18-/m0/s1. The molecule has 1 atom stereocenters. The second kappa shape index (κ2) is 9.41. The molecule has 2 aromatic heterocycles. The van der Waals surface area contributed by atoms with Gasteiger partial charge in [-0.15, -0.1) is 0 Å². The first-order valence-electron chi connectivity index (χ1n) is 9.55. The van der Waals surface area contributed by atoms with Gasteiger partial charge in [0.1, 0.15) is 0 Å². The van der Waals surface area contributed by atoms with Crippen LogP contribution >= 0.6 is 0 Å². The van der Waals surface area contributed by atoms with Crippen molar-refractivity contribution in [1.82, 2.24) is 25.2 Å². The average molecular weight is 368 g/mol. The van der Waals surface area contributed by atoms with Crippen LogP contribution in [0.2, 0.25) is 0 Å². The summed E-state index contributed by atoms with van der Waals surface area (Å²) in [5, 5.41) is 3.20. The highest BCUT2D eigenvalue weighted by Crippen LogP contribution is 2.20. The lowest BCUT2D eigenvalue weighted by Crippen LogP contribution is -2.50. The third-order valence-corrected chi connectivity index (χ3v) is 4.70. The van der Waals surface area contributed by atoms with Gasteiger partial charge in [-0.1, -0.05) is 19.9 Å². The van der Waals surface area contributed by atoms with E-state index >= 15 is 0 Å². The normalized spacial score (nSPS) is 16.3. The van der Waals surface area contributed by atoms with Crippen LogP contribution in [0.1, 0.15) is 31.9 Å². The third-order valence-electron chi connectivity index (χ3n) is 4.70. The molecule has 0 bridgehead atoms. The Labute approximate surface area is 160 Å². The maximum atomic E-state index is 12.6. The number of nitrogens with one attached hydrogen (secondary N) is 1. The zero-order valence-corrected chi connectivity index (χ0v) is 16.1. The molecule has 144 valence electrons. The van der Waals surface area contributed by atoms with Gasteiger partial charge in [0.2, 0.25) is 11.9 Å². The molecule has 0 aromatic carbocycles. The number of carbonyl (C=O) groups excluding carboxylic acids is 1. The van der Waals surface area contributed by atoms with Crippen LogP contribution in [0.3, 0.4) is 0 Å². The molecule has 7 heteroatoms. The van der Waals surface area contributed by atoms with Gasteiger partial charge in [-0.05, 0) is 30.0 Å². The monoisotopic (exact) mass is 368 g/mol. The summed E-state index contributed by atoms with van der Waals surface area (Å²) in [4.78, 5) is 29.8. The number of hydrogen-bond acceptors (Lipinski definition) is 6. The smallest absolute Gasteiger partial charge is 0.234 e. The summed E-state index contributed by atoms with van der Waals surface area (Å²) in [5.74, 6) is 1.31. The van der Waals surface area contributed by atoms with E-state index in [9.17, 15) is 4.79 Å². The molecule has 0 unspecified atom stereocenters. The highest BCUT2D eigenvalue weighted by atomic mass is 16.2. The van der Waals surface area contributed by atoms with E-state index in [1.165, 1.54) is 0 Å². The van der Waals surface area contributed by atoms with E-state index in [4.69, 9.17) is 0 Å². The lowest BCUT2D eigenvalue weighted by molar-refractivity contribution is -0.123. The molecule has 27 heavy (non-hydrogen) atoms. The molecule has 1 fully saturated rings. The Morgan fingerprint density at radius 1 is 1.11 bits per heavy atom. The van der Waals surface area contributed by atoms with Gasteiger partial charge in [0.25, 0.3) is 0 Å². The highest BCUT2D eigenvalue weighted by Gasteiger charge is 2.22. The number of pyridine rings is 1. The molecule has 1 saturated heterocycles.